The van der Waals surface area contributed by atoms with Crippen molar-refractivity contribution in [1.82, 2.24) is 39.9 Å². The molecule has 4 aromatic rings. The van der Waals surface area contributed by atoms with Gasteiger partial charge in [0.15, 0.2) is 0 Å². The first-order valence-corrected chi connectivity index (χ1v) is 22.0. The average molecular weight is 781 g/mol. The van der Waals surface area contributed by atoms with Gasteiger partial charge in [-0.1, -0.05) is 80.1 Å². The van der Waals surface area contributed by atoms with Crippen LogP contribution in [-0.4, -0.2) is 66.9 Å². The smallest absolute Gasteiger partial charge is 0.383 e. The molecule has 0 unspecified atom stereocenters. The molecule has 47 heavy (non-hydrogen) atoms. The van der Waals surface area contributed by atoms with Gasteiger partial charge in [0.2, 0.25) is 0 Å². The molecule has 0 aliphatic rings. The van der Waals surface area contributed by atoms with Crippen molar-refractivity contribution in [3.63, 3.8) is 0 Å². The summed E-state index contributed by atoms with van der Waals surface area (Å²) < 4.78 is 0. The van der Waals surface area contributed by atoms with Crippen molar-refractivity contribution in [2.45, 2.75) is 119 Å². The monoisotopic (exact) mass is 780 g/mol. The summed E-state index contributed by atoms with van der Waals surface area (Å²) in [4.78, 5) is 30.6. The molecular weight excluding hydrogens is 717 g/mol. The van der Waals surface area contributed by atoms with Crippen molar-refractivity contribution in [1.29, 1.82) is 0 Å². The Hall–Kier alpha value is -1.78. The Morgan fingerprint density at radius 2 is 0.745 bits per heavy atom. The summed E-state index contributed by atoms with van der Waals surface area (Å²) in [7, 11) is 0.135. The fourth-order valence-electron chi connectivity index (χ4n) is 4.80. The fraction of sp³-hybridized carbons (Fsp3) is 0.706. The molecule has 4 heterocycles. The van der Waals surface area contributed by atoms with Crippen molar-refractivity contribution in [3.05, 3.63) is 25.3 Å². The minimum absolute atomic E-state index is 0. The van der Waals surface area contributed by atoms with E-state index in [-0.39, 0.29) is 36.3 Å². The van der Waals surface area contributed by atoms with Crippen LogP contribution in [0.25, 0.3) is 22.3 Å². The average Bonchev–Trinajstić information content (AvgIpc) is 3.77. The Morgan fingerprint density at radius 3 is 0.979 bits per heavy atom. The second-order valence-electron chi connectivity index (χ2n) is 11.7. The molecule has 4 rings (SSSR count). The number of anilines is 2. The van der Waals surface area contributed by atoms with E-state index in [1.807, 2.05) is 0 Å². The largest absolute Gasteiger partial charge is 2.00 e. The number of nitrogens with zero attached hydrogens (tertiary/aromatic N) is 8. The Balaban J connectivity index is 0.000000598. The zero-order valence-electron chi connectivity index (χ0n) is 30.1. The number of fused-ring (bicyclic) bond motifs is 2. The Labute approximate surface area is 301 Å². The molecule has 0 spiro atoms. The number of hydrogen-bond donors (Lipinski definition) is 2. The van der Waals surface area contributed by atoms with Crippen LogP contribution in [0.4, 0.5) is 11.6 Å². The van der Waals surface area contributed by atoms with E-state index >= 15 is 0 Å². The third kappa shape index (κ3) is 20.4. The maximum Gasteiger partial charge on any atom is 2.00 e. The first-order valence-electron chi connectivity index (χ1n) is 17.8. The van der Waals surface area contributed by atoms with E-state index in [1.165, 1.54) is 102 Å². The summed E-state index contributed by atoms with van der Waals surface area (Å²) in [6.45, 7) is 13.9. The second-order valence-corrected chi connectivity index (χ2v) is 17.7. The van der Waals surface area contributed by atoms with Gasteiger partial charge in [0, 0.05) is 50.8 Å². The molecule has 0 fully saturated rings. The molecule has 0 aliphatic heterocycles. The van der Waals surface area contributed by atoms with Crippen molar-refractivity contribution >= 4 is 49.8 Å². The maximum atomic E-state index is 5.45. The minimum Gasteiger partial charge on any atom is -0.383 e. The van der Waals surface area contributed by atoms with Crippen molar-refractivity contribution in [3.8, 4) is 0 Å². The molecule has 268 valence electrons. The van der Waals surface area contributed by atoms with E-state index in [0.717, 1.165) is 0 Å². The maximum absolute atomic E-state index is 5.45. The third-order valence-corrected chi connectivity index (χ3v) is 14.1. The van der Waals surface area contributed by atoms with E-state index in [4.69, 9.17) is 11.5 Å². The van der Waals surface area contributed by atoms with E-state index in [2.05, 4.69) is 81.4 Å². The van der Waals surface area contributed by atoms with Crippen molar-refractivity contribution in [2.24, 2.45) is 0 Å². The van der Waals surface area contributed by atoms with Crippen molar-refractivity contribution < 1.29 is 20.4 Å². The van der Waals surface area contributed by atoms with Gasteiger partial charge in [0.25, 0.3) is 0 Å². The summed E-state index contributed by atoms with van der Waals surface area (Å²) in [6.07, 6.45) is 32.4. The molecule has 0 amide bonds. The first-order chi connectivity index (χ1) is 22.4. The molecule has 0 aromatic carbocycles. The summed E-state index contributed by atoms with van der Waals surface area (Å²) in [6, 6.07) is 0. The van der Waals surface area contributed by atoms with Crippen LogP contribution >= 0.6 is 15.8 Å². The van der Waals surface area contributed by atoms with Gasteiger partial charge in [-0.3, -0.25) is 0 Å². The van der Waals surface area contributed by atoms with Gasteiger partial charge in [-0.2, -0.15) is 0 Å². The van der Waals surface area contributed by atoms with Crippen LogP contribution in [0, 0.1) is 0 Å². The van der Waals surface area contributed by atoms with Crippen LogP contribution in [-0.2, 0) is 20.4 Å². The normalized spacial score (nSPS) is 10.6. The van der Waals surface area contributed by atoms with Crippen LogP contribution in [0.5, 0.6) is 0 Å². The van der Waals surface area contributed by atoms with Crippen LogP contribution in [0.1, 0.15) is 119 Å². The summed E-state index contributed by atoms with van der Waals surface area (Å²) in [5, 5.41) is 0. The van der Waals surface area contributed by atoms with Gasteiger partial charge in [-0.25, -0.2) is 9.97 Å². The van der Waals surface area contributed by atoms with E-state index in [0.29, 0.717) is 34.0 Å². The molecular formula is C34H64N10P2Pd+2. The van der Waals surface area contributed by atoms with Gasteiger partial charge in [0.1, 0.15) is 11.6 Å². The molecule has 13 heteroatoms. The molecule has 0 bridgehead atoms. The molecule has 0 aliphatic carbocycles. The number of aromatic nitrogens is 8. The zero-order chi connectivity index (χ0) is 33.8. The predicted molar refractivity (Wildman–Crippen MR) is 205 cm³/mol. The summed E-state index contributed by atoms with van der Waals surface area (Å²) in [5.74, 6) is 0.755. The van der Waals surface area contributed by atoms with Gasteiger partial charge >= 0.3 is 20.4 Å². The van der Waals surface area contributed by atoms with E-state index in [1.54, 1.807) is 37.0 Å². The number of nitrogens with two attached hydrogens (primary N) is 2. The van der Waals surface area contributed by atoms with E-state index in [9.17, 15) is 0 Å². The minimum atomic E-state index is 0. The van der Waals surface area contributed by atoms with Gasteiger partial charge in [-0.15, -0.1) is 0 Å². The molecule has 4 aromatic heterocycles. The van der Waals surface area contributed by atoms with Crippen LogP contribution in [0.2, 0.25) is 0 Å². The molecule has 0 saturated heterocycles. The van der Waals surface area contributed by atoms with Crippen molar-refractivity contribution in [2.75, 3.05) is 48.4 Å². The Bertz CT molecular complexity index is 1120. The van der Waals surface area contributed by atoms with Crippen LogP contribution in [0.3, 0.4) is 0 Å². The van der Waals surface area contributed by atoms with Crippen LogP contribution in [0.15, 0.2) is 25.3 Å². The second kappa shape index (κ2) is 30.3. The Morgan fingerprint density at radius 1 is 0.468 bits per heavy atom. The first kappa shape index (κ1) is 45.2. The van der Waals surface area contributed by atoms with Gasteiger partial charge in [0.05, 0.1) is 37.0 Å². The topological polar surface area (TPSA) is 158 Å². The number of imidazole rings is 2. The standard InChI is InChI=1S/2C12H27P.2C5H4N5.Pd/c2*1-4-7-10-13(11-8-5-2)12-9-6-3;2*6-4-3-5(9-1-7-3)10-2-8-4;/h2*4-12H2,1-3H3;2*1-2H,(H2-,6,7,8,9,10);/q;;2*-1;+2/p+2. The molecule has 0 radical (unpaired) electrons. The number of unbranched alkanes of at least 4 members (excludes halogenated alkanes) is 6. The molecule has 0 saturated carbocycles. The Kier molecular flexibility index (Phi) is 29.1. The van der Waals surface area contributed by atoms with Gasteiger partial charge < -0.3 is 41.4 Å². The zero-order valence-corrected chi connectivity index (χ0v) is 33.6. The van der Waals surface area contributed by atoms with E-state index < -0.39 is 0 Å². The number of nitrogen functional groups attached to an aromatic ring is 2. The summed E-state index contributed by atoms with van der Waals surface area (Å²) >= 11 is 0. The molecule has 10 nitrogen and oxygen atoms in total. The number of rotatable bonds is 18. The molecule has 0 atom stereocenters. The van der Waals surface area contributed by atoms with Gasteiger partial charge in [-0.05, 0) is 51.2 Å². The summed E-state index contributed by atoms with van der Waals surface area (Å²) in [5.41, 5.74) is 13.1. The van der Waals surface area contributed by atoms with Crippen LogP contribution < -0.4 is 21.4 Å². The quantitative estimate of drug-likeness (QED) is 0.0743. The SMILES string of the molecule is CCCC[PH+](CCCC)CCCC.CCCC[PH+](CCCC)CCCC.Nc1ncnc2[n-]cnc12.Nc1ncnc2[n-]cnc12.[Pd+2]. The third-order valence-electron chi connectivity index (χ3n) is 7.70. The number of hydrogen-bond acceptors (Lipinski definition) is 8. The predicted octanol–water partition coefficient (Wildman–Crippen LogP) is 8.33. The fourth-order valence-corrected chi connectivity index (χ4v) is 11.4. The molecule has 4 N–H and O–H groups in total.